The highest BCUT2D eigenvalue weighted by Gasteiger charge is 2.33. The SMILES string of the molecule is Nc1cccc2c1C(=O)c1cccc(NC(=O)C3CCCCC3)c1C2=O. The van der Waals surface area contributed by atoms with Gasteiger partial charge in [0.05, 0.1) is 16.8 Å². The number of carbonyl (C=O) groups excluding carboxylic acids is 3. The average Bonchev–Trinajstić information content (AvgIpc) is 2.66. The molecule has 1 amide bonds. The van der Waals surface area contributed by atoms with Gasteiger partial charge in [-0.15, -0.1) is 0 Å². The highest BCUT2D eigenvalue weighted by atomic mass is 16.2. The van der Waals surface area contributed by atoms with E-state index < -0.39 is 0 Å². The van der Waals surface area contributed by atoms with Crippen molar-refractivity contribution in [3.05, 3.63) is 58.7 Å². The van der Waals surface area contributed by atoms with Crippen LogP contribution in [-0.2, 0) is 4.79 Å². The number of rotatable bonds is 2. The first-order chi connectivity index (χ1) is 12.6. The summed E-state index contributed by atoms with van der Waals surface area (Å²) < 4.78 is 0. The van der Waals surface area contributed by atoms with Gasteiger partial charge in [0.25, 0.3) is 0 Å². The molecule has 26 heavy (non-hydrogen) atoms. The molecule has 2 aromatic rings. The molecule has 0 unspecified atom stereocenters. The molecule has 0 aromatic heterocycles. The maximum absolute atomic E-state index is 13.0. The molecule has 0 heterocycles. The quantitative estimate of drug-likeness (QED) is 0.693. The smallest absolute Gasteiger partial charge is 0.227 e. The maximum Gasteiger partial charge on any atom is 0.227 e. The van der Waals surface area contributed by atoms with Crippen LogP contribution in [0.15, 0.2) is 36.4 Å². The van der Waals surface area contributed by atoms with Crippen molar-refractivity contribution < 1.29 is 14.4 Å². The topological polar surface area (TPSA) is 89.3 Å². The van der Waals surface area contributed by atoms with E-state index in [0.717, 1.165) is 32.1 Å². The summed E-state index contributed by atoms with van der Waals surface area (Å²) in [4.78, 5) is 38.5. The number of hydrogen-bond donors (Lipinski definition) is 2. The Hall–Kier alpha value is -2.95. The van der Waals surface area contributed by atoms with Crippen molar-refractivity contribution in [1.29, 1.82) is 0 Å². The van der Waals surface area contributed by atoms with Crippen LogP contribution in [0.4, 0.5) is 11.4 Å². The van der Waals surface area contributed by atoms with E-state index in [9.17, 15) is 14.4 Å². The summed E-state index contributed by atoms with van der Waals surface area (Å²) in [7, 11) is 0. The van der Waals surface area contributed by atoms with Crippen LogP contribution in [0.2, 0.25) is 0 Å². The molecule has 5 heteroatoms. The van der Waals surface area contributed by atoms with Gasteiger partial charge in [-0.2, -0.15) is 0 Å². The molecule has 0 bridgehead atoms. The second kappa shape index (κ2) is 6.41. The fourth-order valence-corrected chi connectivity index (χ4v) is 3.97. The molecule has 4 rings (SSSR count). The summed E-state index contributed by atoms with van der Waals surface area (Å²) in [6.07, 6.45) is 5.00. The maximum atomic E-state index is 13.0. The first kappa shape index (κ1) is 16.5. The van der Waals surface area contributed by atoms with Crippen LogP contribution >= 0.6 is 0 Å². The first-order valence-electron chi connectivity index (χ1n) is 8.99. The molecule has 1 saturated carbocycles. The molecule has 2 aliphatic carbocycles. The number of benzene rings is 2. The van der Waals surface area contributed by atoms with Crippen molar-refractivity contribution in [3.8, 4) is 0 Å². The average molecular weight is 348 g/mol. The summed E-state index contributed by atoms with van der Waals surface area (Å²) in [6.45, 7) is 0. The second-order valence-electron chi connectivity index (χ2n) is 6.98. The summed E-state index contributed by atoms with van der Waals surface area (Å²) in [5.74, 6) is -0.656. The highest BCUT2D eigenvalue weighted by molar-refractivity contribution is 6.32. The summed E-state index contributed by atoms with van der Waals surface area (Å²) in [5.41, 5.74) is 7.73. The Bertz CT molecular complexity index is 927. The van der Waals surface area contributed by atoms with Gasteiger partial charge in [0, 0.05) is 22.7 Å². The van der Waals surface area contributed by atoms with E-state index in [4.69, 9.17) is 5.73 Å². The number of anilines is 2. The van der Waals surface area contributed by atoms with Crippen LogP contribution < -0.4 is 11.1 Å². The van der Waals surface area contributed by atoms with E-state index >= 15 is 0 Å². The third-order valence-electron chi connectivity index (χ3n) is 5.34. The number of ketones is 2. The first-order valence-corrected chi connectivity index (χ1v) is 8.99. The van der Waals surface area contributed by atoms with Crippen LogP contribution in [0.1, 0.15) is 63.9 Å². The van der Waals surface area contributed by atoms with E-state index in [-0.39, 0.29) is 34.5 Å². The van der Waals surface area contributed by atoms with Gasteiger partial charge in [0.1, 0.15) is 0 Å². The van der Waals surface area contributed by atoms with Gasteiger partial charge in [-0.3, -0.25) is 14.4 Å². The molecule has 0 atom stereocenters. The van der Waals surface area contributed by atoms with E-state index in [1.807, 2.05) is 0 Å². The Morgan fingerprint density at radius 2 is 1.50 bits per heavy atom. The lowest BCUT2D eigenvalue weighted by Crippen LogP contribution is -2.28. The van der Waals surface area contributed by atoms with Crippen molar-refractivity contribution in [2.45, 2.75) is 32.1 Å². The minimum absolute atomic E-state index is 0.0306. The molecule has 5 nitrogen and oxygen atoms in total. The molecule has 0 saturated heterocycles. The van der Waals surface area contributed by atoms with Crippen molar-refractivity contribution in [1.82, 2.24) is 0 Å². The zero-order valence-electron chi connectivity index (χ0n) is 14.4. The van der Waals surface area contributed by atoms with Gasteiger partial charge in [0.2, 0.25) is 5.91 Å². The van der Waals surface area contributed by atoms with Crippen molar-refractivity contribution in [2.24, 2.45) is 5.92 Å². The van der Waals surface area contributed by atoms with Gasteiger partial charge in [0.15, 0.2) is 11.6 Å². The molecule has 0 spiro atoms. The van der Waals surface area contributed by atoms with E-state index in [2.05, 4.69) is 5.32 Å². The number of nitrogen functional groups attached to an aromatic ring is 1. The second-order valence-corrected chi connectivity index (χ2v) is 6.98. The van der Waals surface area contributed by atoms with Gasteiger partial charge < -0.3 is 11.1 Å². The minimum Gasteiger partial charge on any atom is -0.398 e. The number of fused-ring (bicyclic) bond motifs is 2. The molecule has 0 aliphatic heterocycles. The summed E-state index contributed by atoms with van der Waals surface area (Å²) in [5, 5.41) is 2.89. The fourth-order valence-electron chi connectivity index (χ4n) is 3.97. The van der Waals surface area contributed by atoms with Crippen LogP contribution in [0.25, 0.3) is 0 Å². The molecule has 3 N–H and O–H groups in total. The van der Waals surface area contributed by atoms with Crippen molar-refractivity contribution >= 4 is 28.8 Å². The Morgan fingerprint density at radius 1 is 0.885 bits per heavy atom. The number of nitrogens with two attached hydrogens (primary N) is 1. The van der Waals surface area contributed by atoms with E-state index in [0.29, 0.717) is 22.5 Å². The van der Waals surface area contributed by atoms with Gasteiger partial charge in [-0.05, 0) is 25.0 Å². The lowest BCUT2D eigenvalue weighted by molar-refractivity contribution is -0.120. The van der Waals surface area contributed by atoms with Crippen LogP contribution in [0.5, 0.6) is 0 Å². The van der Waals surface area contributed by atoms with Gasteiger partial charge >= 0.3 is 0 Å². The van der Waals surface area contributed by atoms with Crippen molar-refractivity contribution in [2.75, 3.05) is 11.1 Å². The van der Waals surface area contributed by atoms with Gasteiger partial charge in [-0.1, -0.05) is 43.5 Å². The van der Waals surface area contributed by atoms with Gasteiger partial charge in [-0.25, -0.2) is 0 Å². The van der Waals surface area contributed by atoms with Crippen LogP contribution in [0, 0.1) is 5.92 Å². The minimum atomic E-state index is -0.276. The van der Waals surface area contributed by atoms with Crippen LogP contribution in [0.3, 0.4) is 0 Å². The molecule has 2 aliphatic rings. The van der Waals surface area contributed by atoms with E-state index in [1.165, 1.54) is 0 Å². The molecule has 132 valence electrons. The molecule has 0 radical (unpaired) electrons. The Balaban J connectivity index is 1.73. The Labute approximate surface area is 151 Å². The van der Waals surface area contributed by atoms with Crippen molar-refractivity contribution in [3.63, 3.8) is 0 Å². The normalized spacial score (nSPS) is 16.8. The number of amides is 1. The molecular weight excluding hydrogens is 328 g/mol. The highest BCUT2D eigenvalue weighted by Crippen LogP contribution is 2.35. The fraction of sp³-hybridized carbons (Fsp3) is 0.286. The monoisotopic (exact) mass is 348 g/mol. The lowest BCUT2D eigenvalue weighted by atomic mass is 9.82. The zero-order chi connectivity index (χ0) is 18.3. The Morgan fingerprint density at radius 3 is 2.23 bits per heavy atom. The molecule has 1 fully saturated rings. The predicted octanol–water partition coefficient (Wildman–Crippen LogP) is 3.56. The van der Waals surface area contributed by atoms with Crippen LogP contribution in [-0.4, -0.2) is 17.5 Å². The lowest BCUT2D eigenvalue weighted by Gasteiger charge is -2.24. The number of carbonyl (C=O) groups is 3. The third-order valence-corrected chi connectivity index (χ3v) is 5.34. The standard InChI is InChI=1S/C21H20N2O3/c22-15-10-4-8-13-17(15)19(24)14-9-5-11-16(18(14)20(13)25)23-21(26)12-6-2-1-3-7-12/h4-5,8-12H,1-3,6-7,22H2,(H,23,26). The predicted molar refractivity (Wildman–Crippen MR) is 99.4 cm³/mol. The summed E-state index contributed by atoms with van der Waals surface area (Å²) >= 11 is 0. The number of nitrogens with one attached hydrogen (secondary N) is 1. The molecular formula is C21H20N2O3. The summed E-state index contributed by atoms with van der Waals surface area (Å²) in [6, 6.07) is 9.86. The van der Waals surface area contributed by atoms with E-state index in [1.54, 1.807) is 36.4 Å². The third kappa shape index (κ3) is 2.60. The molecule has 2 aromatic carbocycles. The Kier molecular flexibility index (Phi) is 4.07. The number of hydrogen-bond acceptors (Lipinski definition) is 4. The zero-order valence-corrected chi connectivity index (χ0v) is 14.4. The largest absolute Gasteiger partial charge is 0.398 e.